The first kappa shape index (κ1) is 17.3. The predicted octanol–water partition coefficient (Wildman–Crippen LogP) is 1.44. The minimum atomic E-state index is -0.754. The monoisotopic (exact) mass is 299 g/mol. The normalized spacial score (nSPS) is 15.7. The van der Waals surface area contributed by atoms with Crippen molar-refractivity contribution in [3.63, 3.8) is 0 Å². The summed E-state index contributed by atoms with van der Waals surface area (Å²) in [6.07, 6.45) is 1.36. The number of thioether (sulfide) groups is 1. The van der Waals surface area contributed by atoms with E-state index in [1.54, 1.807) is 18.7 Å². The molecule has 3 N–H and O–H groups in total. The highest BCUT2D eigenvalue weighted by molar-refractivity contribution is 7.98. The van der Waals surface area contributed by atoms with E-state index >= 15 is 0 Å². The van der Waals surface area contributed by atoms with Crippen LogP contribution in [0.2, 0.25) is 0 Å². The highest BCUT2D eigenvalue weighted by atomic mass is 32.2. The fraction of sp³-hybridized carbons (Fsp3) is 0.600. The van der Waals surface area contributed by atoms with Crippen LogP contribution < -0.4 is 10.1 Å². The number of hydrogen-bond donors (Lipinski definition) is 3. The minimum Gasteiger partial charge on any atom is -0.491 e. The smallest absolute Gasteiger partial charge is 0.122 e. The highest BCUT2D eigenvalue weighted by Crippen LogP contribution is 2.16. The molecule has 0 amide bonds. The largest absolute Gasteiger partial charge is 0.491 e. The summed E-state index contributed by atoms with van der Waals surface area (Å²) < 4.78 is 5.57. The maximum absolute atomic E-state index is 9.98. The van der Waals surface area contributed by atoms with Gasteiger partial charge >= 0.3 is 0 Å². The molecule has 4 nitrogen and oxygen atoms in total. The quantitative estimate of drug-likeness (QED) is 0.644. The molecular formula is C15H25NO3S. The topological polar surface area (TPSA) is 61.7 Å². The van der Waals surface area contributed by atoms with E-state index in [1.165, 1.54) is 0 Å². The minimum absolute atomic E-state index is 0.239. The number of ether oxygens (including phenoxy) is 1. The van der Waals surface area contributed by atoms with Crippen molar-refractivity contribution >= 4 is 11.8 Å². The van der Waals surface area contributed by atoms with Crippen molar-refractivity contribution in [2.75, 3.05) is 31.7 Å². The third kappa shape index (κ3) is 6.61. The van der Waals surface area contributed by atoms with Crippen LogP contribution in [-0.2, 0) is 0 Å². The van der Waals surface area contributed by atoms with Gasteiger partial charge in [-0.3, -0.25) is 0 Å². The molecule has 1 rings (SSSR count). The lowest BCUT2D eigenvalue weighted by atomic mass is 10.1. The van der Waals surface area contributed by atoms with Gasteiger partial charge in [0.1, 0.15) is 18.5 Å². The van der Waals surface area contributed by atoms with E-state index in [1.807, 2.05) is 37.4 Å². The van der Waals surface area contributed by atoms with Crippen LogP contribution in [-0.4, -0.2) is 53.6 Å². The molecule has 0 aliphatic carbocycles. The molecule has 0 fully saturated rings. The first-order valence-electron chi connectivity index (χ1n) is 6.73. The Kier molecular flexibility index (Phi) is 7.37. The summed E-state index contributed by atoms with van der Waals surface area (Å²) in [5, 5.41) is 22.9. The summed E-state index contributed by atoms with van der Waals surface area (Å²) in [7, 11) is 0. The Morgan fingerprint density at radius 1 is 1.40 bits per heavy atom. The van der Waals surface area contributed by atoms with E-state index in [0.29, 0.717) is 18.8 Å². The van der Waals surface area contributed by atoms with Gasteiger partial charge in [-0.15, -0.1) is 0 Å². The lowest BCUT2D eigenvalue weighted by Crippen LogP contribution is -2.43. The van der Waals surface area contributed by atoms with Gasteiger partial charge in [0, 0.05) is 18.8 Å². The fourth-order valence-electron chi connectivity index (χ4n) is 1.83. The highest BCUT2D eigenvalue weighted by Gasteiger charge is 2.19. The van der Waals surface area contributed by atoms with Crippen molar-refractivity contribution < 1.29 is 14.9 Å². The number of aliphatic hydroxyl groups excluding tert-OH is 1. The van der Waals surface area contributed by atoms with Crippen LogP contribution in [0.4, 0.5) is 0 Å². The van der Waals surface area contributed by atoms with Gasteiger partial charge in [-0.05, 0) is 31.7 Å². The van der Waals surface area contributed by atoms with Crippen LogP contribution in [0, 0.1) is 6.92 Å². The number of aliphatic hydroxyl groups is 2. The van der Waals surface area contributed by atoms with E-state index in [-0.39, 0.29) is 6.61 Å². The van der Waals surface area contributed by atoms with E-state index < -0.39 is 11.7 Å². The van der Waals surface area contributed by atoms with Crippen molar-refractivity contribution in [3.05, 3.63) is 29.8 Å². The Bertz CT molecular complexity index is 398. The molecule has 0 heterocycles. The van der Waals surface area contributed by atoms with Gasteiger partial charge in [0.25, 0.3) is 0 Å². The van der Waals surface area contributed by atoms with Crippen LogP contribution in [0.3, 0.4) is 0 Å². The van der Waals surface area contributed by atoms with Crippen LogP contribution in [0.5, 0.6) is 5.75 Å². The summed E-state index contributed by atoms with van der Waals surface area (Å²) in [4.78, 5) is 0. The number of benzene rings is 1. The zero-order valence-corrected chi connectivity index (χ0v) is 13.2. The Morgan fingerprint density at radius 3 is 2.75 bits per heavy atom. The van der Waals surface area contributed by atoms with Gasteiger partial charge in [-0.2, -0.15) is 11.8 Å². The predicted molar refractivity (Wildman–Crippen MR) is 84.6 cm³/mol. The SMILES string of the molecule is CSCC(C)(O)CNCC(O)COc1ccccc1C. The standard InChI is InChI=1S/C15H25NO3S/c1-12-6-4-5-7-14(12)19-9-13(17)8-16-10-15(2,18)11-20-3/h4-7,13,16-18H,8-11H2,1-3H3. The molecule has 1 aromatic rings. The van der Waals surface area contributed by atoms with Gasteiger partial charge in [0.2, 0.25) is 0 Å². The zero-order valence-electron chi connectivity index (χ0n) is 12.4. The molecule has 0 spiro atoms. The molecule has 0 saturated heterocycles. The zero-order chi connectivity index (χ0) is 15.0. The Hall–Kier alpha value is -0.750. The Morgan fingerprint density at radius 2 is 2.10 bits per heavy atom. The van der Waals surface area contributed by atoms with Gasteiger partial charge in [-0.1, -0.05) is 18.2 Å². The van der Waals surface area contributed by atoms with Crippen molar-refractivity contribution in [3.8, 4) is 5.75 Å². The molecule has 2 atom stereocenters. The molecule has 0 aliphatic heterocycles. The molecule has 0 saturated carbocycles. The Balaban J connectivity index is 2.24. The maximum Gasteiger partial charge on any atom is 0.122 e. The summed E-state index contributed by atoms with van der Waals surface area (Å²) in [6.45, 7) is 4.85. The lowest BCUT2D eigenvalue weighted by Gasteiger charge is -2.23. The van der Waals surface area contributed by atoms with Crippen molar-refractivity contribution in [1.29, 1.82) is 0 Å². The number of aryl methyl sites for hydroxylation is 1. The molecule has 0 aliphatic rings. The summed E-state index contributed by atoms with van der Waals surface area (Å²) in [6, 6.07) is 7.72. The van der Waals surface area contributed by atoms with Crippen LogP contribution >= 0.6 is 11.8 Å². The first-order chi connectivity index (χ1) is 9.44. The molecule has 0 bridgehead atoms. The molecule has 20 heavy (non-hydrogen) atoms. The average Bonchev–Trinajstić information content (AvgIpc) is 2.37. The van der Waals surface area contributed by atoms with Crippen molar-refractivity contribution in [2.24, 2.45) is 0 Å². The number of hydrogen-bond acceptors (Lipinski definition) is 5. The van der Waals surface area contributed by atoms with Gasteiger partial charge in [0.05, 0.1) is 5.60 Å². The molecule has 0 radical (unpaired) electrons. The maximum atomic E-state index is 9.98. The lowest BCUT2D eigenvalue weighted by molar-refractivity contribution is 0.0700. The number of rotatable bonds is 9. The molecule has 1 aromatic carbocycles. The van der Waals surface area contributed by atoms with Crippen molar-refractivity contribution in [1.82, 2.24) is 5.32 Å². The van der Waals surface area contributed by atoms with Crippen LogP contribution in [0.1, 0.15) is 12.5 Å². The second kappa shape index (κ2) is 8.52. The second-order valence-corrected chi connectivity index (χ2v) is 6.16. The van der Waals surface area contributed by atoms with E-state index in [0.717, 1.165) is 11.3 Å². The van der Waals surface area contributed by atoms with Gasteiger partial charge < -0.3 is 20.3 Å². The van der Waals surface area contributed by atoms with Crippen LogP contribution in [0.15, 0.2) is 24.3 Å². The summed E-state index contributed by atoms with van der Waals surface area (Å²) in [5.41, 5.74) is 0.297. The Labute approximate surface area is 125 Å². The summed E-state index contributed by atoms with van der Waals surface area (Å²) >= 11 is 1.60. The first-order valence-corrected chi connectivity index (χ1v) is 8.12. The number of para-hydroxylation sites is 1. The molecule has 0 aromatic heterocycles. The molecule has 5 heteroatoms. The van der Waals surface area contributed by atoms with Gasteiger partial charge in [0.15, 0.2) is 0 Å². The van der Waals surface area contributed by atoms with E-state index in [9.17, 15) is 10.2 Å². The third-order valence-electron chi connectivity index (χ3n) is 2.87. The van der Waals surface area contributed by atoms with E-state index in [4.69, 9.17) is 4.74 Å². The average molecular weight is 299 g/mol. The third-order valence-corrected chi connectivity index (χ3v) is 3.78. The molecular weight excluding hydrogens is 274 g/mol. The number of nitrogens with one attached hydrogen (secondary N) is 1. The van der Waals surface area contributed by atoms with Gasteiger partial charge in [-0.25, -0.2) is 0 Å². The van der Waals surface area contributed by atoms with Crippen LogP contribution in [0.25, 0.3) is 0 Å². The second-order valence-electron chi connectivity index (χ2n) is 5.29. The molecule has 114 valence electrons. The van der Waals surface area contributed by atoms with E-state index in [2.05, 4.69) is 5.32 Å². The van der Waals surface area contributed by atoms with Crippen molar-refractivity contribution in [2.45, 2.75) is 25.6 Å². The molecule has 2 unspecified atom stereocenters. The fourth-order valence-corrected chi connectivity index (χ4v) is 2.56. The summed E-state index contributed by atoms with van der Waals surface area (Å²) in [5.74, 6) is 1.46.